The zero-order chi connectivity index (χ0) is 34.0. The summed E-state index contributed by atoms with van der Waals surface area (Å²) in [7, 11) is 0. The van der Waals surface area contributed by atoms with E-state index in [4.69, 9.17) is 9.47 Å². The molecule has 0 aromatic rings. The van der Waals surface area contributed by atoms with E-state index >= 15 is 0 Å². The van der Waals surface area contributed by atoms with Crippen molar-refractivity contribution >= 4 is 11.9 Å². The van der Waals surface area contributed by atoms with Gasteiger partial charge < -0.3 is 9.47 Å². The van der Waals surface area contributed by atoms with E-state index in [-0.39, 0.29) is 11.9 Å². The van der Waals surface area contributed by atoms with Crippen molar-refractivity contribution in [2.75, 3.05) is 13.2 Å². The molecule has 0 aliphatic carbocycles. The summed E-state index contributed by atoms with van der Waals surface area (Å²) in [6.45, 7) is 10.2. The van der Waals surface area contributed by atoms with Crippen LogP contribution in [0.15, 0.2) is 0 Å². The summed E-state index contributed by atoms with van der Waals surface area (Å²) in [5.41, 5.74) is 0. The van der Waals surface area contributed by atoms with Crippen LogP contribution in [0.25, 0.3) is 0 Å². The van der Waals surface area contributed by atoms with Gasteiger partial charge in [-0.1, -0.05) is 207 Å². The molecule has 4 heteroatoms. The van der Waals surface area contributed by atoms with E-state index in [9.17, 15) is 9.59 Å². The monoisotopic (exact) mass is 653 g/mol. The summed E-state index contributed by atoms with van der Waals surface area (Å²) < 4.78 is 10.5. The SMILES string of the molecule is CCCCCCCCCCCC(=O)OCCCCC.CCCCCCCCCCCCCCCOC(=O)CCCCCCCCC. The van der Waals surface area contributed by atoms with Crippen LogP contribution < -0.4 is 0 Å². The van der Waals surface area contributed by atoms with Gasteiger partial charge in [-0.05, 0) is 25.7 Å². The molecule has 0 aliphatic heterocycles. The Kier molecular flexibility index (Phi) is 45.0. The number of unbranched alkanes of at least 4 members (excludes halogenated alkanes) is 28. The fourth-order valence-electron chi connectivity index (χ4n) is 5.79. The Morgan fingerprint density at radius 2 is 0.478 bits per heavy atom. The van der Waals surface area contributed by atoms with Crippen molar-refractivity contribution in [3.8, 4) is 0 Å². The van der Waals surface area contributed by atoms with Gasteiger partial charge in [-0.3, -0.25) is 9.59 Å². The van der Waals surface area contributed by atoms with Crippen molar-refractivity contribution in [3.63, 3.8) is 0 Å². The highest BCUT2D eigenvalue weighted by atomic mass is 16.5. The molecule has 4 nitrogen and oxygen atoms in total. The second kappa shape index (κ2) is 43.9. The number of carbonyl (C=O) groups excluding carboxylic acids is 2. The van der Waals surface area contributed by atoms with Gasteiger partial charge in [0.05, 0.1) is 13.2 Å². The molecular formula is C42H84O4. The third kappa shape index (κ3) is 45.1. The van der Waals surface area contributed by atoms with E-state index < -0.39 is 0 Å². The predicted octanol–water partition coefficient (Wildman–Crippen LogP) is 14.4. The van der Waals surface area contributed by atoms with Crippen molar-refractivity contribution in [3.05, 3.63) is 0 Å². The number of rotatable bonds is 36. The van der Waals surface area contributed by atoms with E-state index in [1.165, 1.54) is 173 Å². The number of hydrogen-bond acceptors (Lipinski definition) is 4. The minimum Gasteiger partial charge on any atom is -0.466 e. The largest absolute Gasteiger partial charge is 0.466 e. The van der Waals surface area contributed by atoms with Crippen molar-refractivity contribution in [2.45, 2.75) is 246 Å². The van der Waals surface area contributed by atoms with Crippen molar-refractivity contribution in [1.29, 1.82) is 0 Å². The summed E-state index contributed by atoms with van der Waals surface area (Å²) >= 11 is 0. The number of hydrogen-bond donors (Lipinski definition) is 0. The van der Waals surface area contributed by atoms with Crippen molar-refractivity contribution < 1.29 is 19.1 Å². The quantitative estimate of drug-likeness (QED) is 0.0499. The van der Waals surface area contributed by atoms with Crippen LogP contribution in [0, 0.1) is 0 Å². The molecule has 0 radical (unpaired) electrons. The number of esters is 2. The van der Waals surface area contributed by atoms with Crippen LogP contribution in [0.5, 0.6) is 0 Å². The van der Waals surface area contributed by atoms with Crippen molar-refractivity contribution in [2.24, 2.45) is 0 Å². The third-order valence-electron chi connectivity index (χ3n) is 8.99. The van der Waals surface area contributed by atoms with E-state index in [0.717, 1.165) is 32.1 Å². The first-order chi connectivity index (χ1) is 22.6. The minimum absolute atomic E-state index is 0.000881. The fraction of sp³-hybridized carbons (Fsp3) is 0.952. The maximum Gasteiger partial charge on any atom is 0.305 e. The molecule has 0 bridgehead atoms. The molecule has 0 aromatic carbocycles. The molecule has 0 heterocycles. The Morgan fingerprint density at radius 1 is 0.283 bits per heavy atom. The van der Waals surface area contributed by atoms with Gasteiger partial charge in [-0.2, -0.15) is 0 Å². The van der Waals surface area contributed by atoms with Crippen LogP contribution >= 0.6 is 0 Å². The van der Waals surface area contributed by atoms with Gasteiger partial charge in [0.2, 0.25) is 0 Å². The summed E-state index contributed by atoms with van der Waals surface area (Å²) in [5.74, 6) is 0.0153. The molecule has 0 saturated heterocycles. The molecule has 0 fully saturated rings. The molecule has 0 aromatic heterocycles. The molecule has 0 spiro atoms. The smallest absolute Gasteiger partial charge is 0.305 e. The molecule has 0 saturated carbocycles. The topological polar surface area (TPSA) is 52.6 Å². The van der Waals surface area contributed by atoms with Gasteiger partial charge in [0.1, 0.15) is 0 Å². The van der Waals surface area contributed by atoms with Gasteiger partial charge >= 0.3 is 11.9 Å². The van der Waals surface area contributed by atoms with Crippen LogP contribution in [-0.4, -0.2) is 25.2 Å². The second-order valence-corrected chi connectivity index (χ2v) is 13.8. The fourth-order valence-corrected chi connectivity index (χ4v) is 5.79. The van der Waals surface area contributed by atoms with E-state index in [1.807, 2.05) is 0 Å². The van der Waals surface area contributed by atoms with Crippen LogP contribution in [-0.2, 0) is 19.1 Å². The lowest BCUT2D eigenvalue weighted by Crippen LogP contribution is -2.05. The highest BCUT2D eigenvalue weighted by Gasteiger charge is 2.03. The normalized spacial score (nSPS) is 10.9. The zero-order valence-electron chi connectivity index (χ0n) is 32.1. The lowest BCUT2D eigenvalue weighted by Gasteiger charge is -2.05. The summed E-state index contributed by atoms with van der Waals surface area (Å²) in [6, 6.07) is 0. The second-order valence-electron chi connectivity index (χ2n) is 13.8. The lowest BCUT2D eigenvalue weighted by atomic mass is 10.0. The van der Waals surface area contributed by atoms with E-state index in [0.29, 0.717) is 26.1 Å². The van der Waals surface area contributed by atoms with Gasteiger partial charge in [0.25, 0.3) is 0 Å². The number of carbonyl (C=O) groups is 2. The Hall–Kier alpha value is -1.06. The Labute approximate surface area is 289 Å². The number of ether oxygens (including phenoxy) is 2. The predicted molar refractivity (Wildman–Crippen MR) is 202 cm³/mol. The third-order valence-corrected chi connectivity index (χ3v) is 8.99. The molecule has 276 valence electrons. The molecule has 0 rings (SSSR count). The minimum atomic E-state index is -0.000881. The van der Waals surface area contributed by atoms with Gasteiger partial charge in [-0.25, -0.2) is 0 Å². The van der Waals surface area contributed by atoms with Crippen molar-refractivity contribution in [1.82, 2.24) is 0 Å². The molecule has 0 unspecified atom stereocenters. The maximum atomic E-state index is 11.7. The maximum absolute atomic E-state index is 11.7. The lowest BCUT2D eigenvalue weighted by molar-refractivity contribution is -0.144. The highest BCUT2D eigenvalue weighted by molar-refractivity contribution is 5.69. The average molecular weight is 653 g/mol. The molecule has 0 atom stereocenters. The van der Waals surface area contributed by atoms with Gasteiger partial charge in [0, 0.05) is 12.8 Å². The average Bonchev–Trinajstić information content (AvgIpc) is 3.06. The van der Waals surface area contributed by atoms with Crippen LogP contribution in [0.2, 0.25) is 0 Å². The first kappa shape index (κ1) is 47.1. The first-order valence-corrected chi connectivity index (χ1v) is 20.9. The zero-order valence-corrected chi connectivity index (χ0v) is 32.1. The standard InChI is InChI=1S/C25H50O2.C17H34O2/c1-3-5-7-9-11-12-13-14-15-16-18-20-22-24-27-25(26)23-21-19-17-10-8-6-4-2;1-3-5-7-8-9-10-11-12-13-15-17(18)19-16-14-6-4-2/h3-24H2,1-2H3;3-16H2,1-2H3. The van der Waals surface area contributed by atoms with E-state index in [1.54, 1.807) is 0 Å². The van der Waals surface area contributed by atoms with Gasteiger partial charge in [0.15, 0.2) is 0 Å². The molecule has 0 amide bonds. The molecule has 0 N–H and O–H groups in total. The Bertz CT molecular complexity index is 576. The van der Waals surface area contributed by atoms with Crippen LogP contribution in [0.1, 0.15) is 246 Å². The highest BCUT2D eigenvalue weighted by Crippen LogP contribution is 2.14. The van der Waals surface area contributed by atoms with Gasteiger partial charge in [-0.15, -0.1) is 0 Å². The Morgan fingerprint density at radius 3 is 0.761 bits per heavy atom. The Balaban J connectivity index is 0. The summed E-state index contributed by atoms with van der Waals surface area (Å²) in [4.78, 5) is 23.1. The van der Waals surface area contributed by atoms with E-state index in [2.05, 4.69) is 27.7 Å². The van der Waals surface area contributed by atoms with Crippen LogP contribution in [0.3, 0.4) is 0 Å². The first-order valence-electron chi connectivity index (χ1n) is 20.9. The summed E-state index contributed by atoms with van der Waals surface area (Å²) in [5, 5.41) is 0. The summed E-state index contributed by atoms with van der Waals surface area (Å²) in [6.07, 6.45) is 42.5. The molecule has 0 aliphatic rings. The molecular weight excluding hydrogens is 568 g/mol. The van der Waals surface area contributed by atoms with Crippen LogP contribution in [0.4, 0.5) is 0 Å². The molecule has 46 heavy (non-hydrogen) atoms.